The van der Waals surface area contributed by atoms with Crippen molar-refractivity contribution in [2.24, 2.45) is 4.99 Å². The zero-order valence-corrected chi connectivity index (χ0v) is 8.61. The van der Waals surface area contributed by atoms with Crippen molar-refractivity contribution in [2.45, 2.75) is 13.0 Å². The Labute approximate surface area is 92.2 Å². The van der Waals surface area contributed by atoms with E-state index >= 15 is 0 Å². The third kappa shape index (κ3) is 1.75. The average Bonchev–Trinajstić information content (AvgIpc) is 2.58. The molecule has 0 unspecified atom stereocenters. The fourth-order valence-electron chi connectivity index (χ4n) is 1.74. The SMILES string of the molecule is [CH2]CCn1cc(N=C=O)c2cc(F)ccc21. The standard InChI is InChI=1S/C12H10FN2O/c1-2-5-15-7-11(14-8-16)10-6-9(13)3-4-12(10)15/h3-4,6-7H,1-2,5H2. The molecule has 0 aliphatic heterocycles. The van der Waals surface area contributed by atoms with Gasteiger partial charge in [0.15, 0.2) is 0 Å². The van der Waals surface area contributed by atoms with E-state index in [2.05, 4.69) is 11.9 Å². The number of aryl methyl sites for hydroxylation is 1. The molecule has 0 saturated heterocycles. The predicted octanol–water partition coefficient (Wildman–Crippen LogP) is 2.97. The topological polar surface area (TPSA) is 34.4 Å². The van der Waals surface area contributed by atoms with Crippen LogP contribution in [0.2, 0.25) is 0 Å². The van der Waals surface area contributed by atoms with Gasteiger partial charge in [-0.25, -0.2) is 9.18 Å². The molecule has 4 heteroatoms. The first-order chi connectivity index (χ1) is 7.76. The molecule has 0 spiro atoms. The number of aliphatic imine (C=N–C) groups is 1. The first-order valence-corrected chi connectivity index (χ1v) is 4.92. The second kappa shape index (κ2) is 4.29. The van der Waals surface area contributed by atoms with Crippen molar-refractivity contribution in [1.29, 1.82) is 0 Å². The van der Waals surface area contributed by atoms with Gasteiger partial charge in [-0.3, -0.25) is 0 Å². The molecule has 0 saturated carbocycles. The van der Waals surface area contributed by atoms with E-state index in [0.717, 1.165) is 5.52 Å². The molecule has 1 aromatic carbocycles. The fourth-order valence-corrected chi connectivity index (χ4v) is 1.74. The van der Waals surface area contributed by atoms with Gasteiger partial charge in [-0.1, -0.05) is 6.92 Å². The summed E-state index contributed by atoms with van der Waals surface area (Å²) in [5.74, 6) is -0.345. The zero-order valence-electron chi connectivity index (χ0n) is 8.61. The Hall–Kier alpha value is -1.93. The molecule has 0 aliphatic carbocycles. The molecule has 1 aromatic heterocycles. The third-order valence-electron chi connectivity index (χ3n) is 2.39. The first-order valence-electron chi connectivity index (χ1n) is 4.92. The van der Waals surface area contributed by atoms with Crippen LogP contribution >= 0.6 is 0 Å². The molecule has 0 aliphatic rings. The molecule has 1 heterocycles. The van der Waals surface area contributed by atoms with Crippen molar-refractivity contribution < 1.29 is 9.18 Å². The minimum Gasteiger partial charge on any atom is -0.345 e. The number of isocyanates is 1. The quantitative estimate of drug-likeness (QED) is 0.575. The number of hydrogen-bond acceptors (Lipinski definition) is 2. The lowest BCUT2D eigenvalue weighted by atomic mass is 10.2. The van der Waals surface area contributed by atoms with Crippen LogP contribution in [-0.4, -0.2) is 10.6 Å². The number of nitrogens with zero attached hydrogens (tertiary/aromatic N) is 2. The second-order valence-corrected chi connectivity index (χ2v) is 3.43. The van der Waals surface area contributed by atoms with Crippen LogP contribution in [0, 0.1) is 12.7 Å². The van der Waals surface area contributed by atoms with Gasteiger partial charge in [0.2, 0.25) is 6.08 Å². The highest BCUT2D eigenvalue weighted by molar-refractivity contribution is 5.92. The van der Waals surface area contributed by atoms with Gasteiger partial charge >= 0.3 is 0 Å². The Balaban J connectivity index is 2.70. The highest BCUT2D eigenvalue weighted by atomic mass is 19.1. The van der Waals surface area contributed by atoms with Gasteiger partial charge in [0.05, 0.1) is 5.52 Å². The third-order valence-corrected chi connectivity index (χ3v) is 2.39. The molecule has 3 nitrogen and oxygen atoms in total. The Morgan fingerprint density at radius 2 is 2.31 bits per heavy atom. The summed E-state index contributed by atoms with van der Waals surface area (Å²) in [6, 6.07) is 4.42. The van der Waals surface area contributed by atoms with E-state index in [0.29, 0.717) is 24.0 Å². The lowest BCUT2D eigenvalue weighted by Crippen LogP contribution is -1.93. The van der Waals surface area contributed by atoms with Crippen LogP contribution < -0.4 is 0 Å². The molecule has 2 aromatic rings. The van der Waals surface area contributed by atoms with Crippen LogP contribution in [0.25, 0.3) is 10.9 Å². The summed E-state index contributed by atoms with van der Waals surface area (Å²) in [5.41, 5.74) is 1.29. The maximum absolute atomic E-state index is 13.1. The normalized spacial score (nSPS) is 10.4. The minimum atomic E-state index is -0.345. The lowest BCUT2D eigenvalue weighted by Gasteiger charge is -2.01. The summed E-state index contributed by atoms with van der Waals surface area (Å²) in [4.78, 5) is 13.8. The van der Waals surface area contributed by atoms with E-state index in [-0.39, 0.29) is 5.82 Å². The molecule has 81 valence electrons. The number of benzene rings is 1. The Kier molecular flexibility index (Phi) is 2.84. The molecule has 2 rings (SSSR count). The molecular formula is C12H10FN2O. The highest BCUT2D eigenvalue weighted by Gasteiger charge is 2.08. The van der Waals surface area contributed by atoms with Gasteiger partial charge in [-0.2, -0.15) is 4.99 Å². The van der Waals surface area contributed by atoms with Crippen LogP contribution in [-0.2, 0) is 11.3 Å². The Morgan fingerprint density at radius 1 is 1.50 bits per heavy atom. The lowest BCUT2D eigenvalue weighted by molar-refractivity contribution is 0.565. The number of hydrogen-bond donors (Lipinski definition) is 0. The van der Waals surface area contributed by atoms with Crippen LogP contribution in [0.5, 0.6) is 0 Å². The summed E-state index contributed by atoms with van der Waals surface area (Å²) in [6.07, 6.45) is 3.90. The molecule has 0 atom stereocenters. The van der Waals surface area contributed by atoms with Gasteiger partial charge in [0.1, 0.15) is 11.5 Å². The van der Waals surface area contributed by atoms with Crippen molar-refractivity contribution in [1.82, 2.24) is 4.57 Å². The summed E-state index contributed by atoms with van der Waals surface area (Å²) in [7, 11) is 0. The molecule has 0 bridgehead atoms. The molecule has 0 fully saturated rings. The first kappa shape index (κ1) is 10.6. The average molecular weight is 217 g/mol. The minimum absolute atomic E-state index is 0.345. The summed E-state index contributed by atoms with van der Waals surface area (Å²) >= 11 is 0. The van der Waals surface area contributed by atoms with Gasteiger partial charge in [-0.15, -0.1) is 0 Å². The molecule has 0 N–H and O–H groups in total. The summed E-state index contributed by atoms with van der Waals surface area (Å²) in [5, 5.41) is 0.622. The second-order valence-electron chi connectivity index (χ2n) is 3.43. The fraction of sp³-hybridized carbons (Fsp3) is 0.167. The van der Waals surface area contributed by atoms with E-state index in [9.17, 15) is 9.18 Å². The number of carbonyl (C=O) groups excluding carboxylic acids is 1. The van der Waals surface area contributed by atoms with Crippen molar-refractivity contribution in [3.05, 3.63) is 37.1 Å². The van der Waals surface area contributed by atoms with E-state index < -0.39 is 0 Å². The van der Waals surface area contributed by atoms with Gasteiger partial charge < -0.3 is 4.57 Å². The van der Waals surface area contributed by atoms with Gasteiger partial charge in [0.25, 0.3) is 0 Å². The van der Waals surface area contributed by atoms with Gasteiger partial charge in [-0.05, 0) is 24.6 Å². The zero-order chi connectivity index (χ0) is 11.5. The van der Waals surface area contributed by atoms with Gasteiger partial charge in [0, 0.05) is 18.1 Å². The monoisotopic (exact) mass is 217 g/mol. The van der Waals surface area contributed by atoms with Crippen molar-refractivity contribution in [3.8, 4) is 0 Å². The van der Waals surface area contributed by atoms with Crippen molar-refractivity contribution in [3.63, 3.8) is 0 Å². The largest absolute Gasteiger partial charge is 0.345 e. The Bertz CT molecular complexity index is 568. The van der Waals surface area contributed by atoms with E-state index in [1.807, 2.05) is 4.57 Å². The van der Waals surface area contributed by atoms with Crippen LogP contribution in [0.3, 0.4) is 0 Å². The molecule has 1 radical (unpaired) electrons. The van der Waals surface area contributed by atoms with E-state index in [4.69, 9.17) is 0 Å². The van der Waals surface area contributed by atoms with Crippen molar-refractivity contribution >= 4 is 22.7 Å². The van der Waals surface area contributed by atoms with Crippen LogP contribution in [0.15, 0.2) is 29.4 Å². The van der Waals surface area contributed by atoms with E-state index in [1.54, 1.807) is 12.3 Å². The summed E-state index contributed by atoms with van der Waals surface area (Å²) in [6.45, 7) is 4.46. The Morgan fingerprint density at radius 3 is 3.00 bits per heavy atom. The van der Waals surface area contributed by atoms with Crippen LogP contribution in [0.4, 0.5) is 10.1 Å². The number of fused-ring (bicyclic) bond motifs is 1. The number of aromatic nitrogens is 1. The van der Waals surface area contributed by atoms with E-state index in [1.165, 1.54) is 18.2 Å². The smallest absolute Gasteiger partial charge is 0.240 e. The number of halogens is 1. The highest BCUT2D eigenvalue weighted by Crippen LogP contribution is 2.28. The summed E-state index contributed by atoms with van der Waals surface area (Å²) < 4.78 is 15.0. The maximum atomic E-state index is 13.1. The predicted molar refractivity (Wildman–Crippen MR) is 59.7 cm³/mol. The maximum Gasteiger partial charge on any atom is 0.240 e. The van der Waals surface area contributed by atoms with Crippen LogP contribution in [0.1, 0.15) is 6.42 Å². The molecule has 16 heavy (non-hydrogen) atoms. The molecular weight excluding hydrogens is 207 g/mol. The number of rotatable bonds is 3. The molecule has 0 amide bonds. The van der Waals surface area contributed by atoms with Crippen molar-refractivity contribution in [2.75, 3.05) is 0 Å².